The van der Waals surface area contributed by atoms with Crippen molar-refractivity contribution in [2.75, 3.05) is 18.0 Å². The summed E-state index contributed by atoms with van der Waals surface area (Å²) in [5.74, 6) is 0.675. The number of piperidine rings is 1. The van der Waals surface area contributed by atoms with Crippen LogP contribution < -0.4 is 21.9 Å². The van der Waals surface area contributed by atoms with E-state index in [2.05, 4.69) is 21.2 Å². The van der Waals surface area contributed by atoms with Crippen LogP contribution in [0.4, 0.5) is 5.95 Å². The Bertz CT molecular complexity index is 1550. The van der Waals surface area contributed by atoms with Crippen LogP contribution in [-0.4, -0.2) is 48.0 Å². The Morgan fingerprint density at radius 1 is 1.20 bits per heavy atom. The highest BCUT2D eigenvalue weighted by molar-refractivity contribution is 5.81. The predicted molar refractivity (Wildman–Crippen MR) is 137 cm³/mol. The minimum atomic E-state index is -0.419. The fourth-order valence-electron chi connectivity index (χ4n) is 4.74. The molecule has 1 fully saturated rings. The van der Waals surface area contributed by atoms with Gasteiger partial charge in [-0.3, -0.25) is 13.9 Å². The molecule has 1 atom stereocenters. The summed E-state index contributed by atoms with van der Waals surface area (Å²) in [6, 6.07) is 7.62. The number of allylic oxidation sites excluding steroid dienone is 2. The van der Waals surface area contributed by atoms with Crippen LogP contribution in [0.2, 0.25) is 0 Å². The first-order valence-electron chi connectivity index (χ1n) is 11.9. The van der Waals surface area contributed by atoms with Crippen LogP contribution >= 0.6 is 0 Å². The molecule has 1 aromatic carbocycles. The van der Waals surface area contributed by atoms with E-state index in [1.807, 2.05) is 42.7 Å². The van der Waals surface area contributed by atoms with Crippen molar-refractivity contribution in [2.24, 2.45) is 12.8 Å². The summed E-state index contributed by atoms with van der Waals surface area (Å²) in [4.78, 5) is 34.1. The molecule has 0 saturated carbocycles. The number of nitrogens with zero attached hydrogens (tertiary/aromatic N) is 7. The van der Waals surface area contributed by atoms with Gasteiger partial charge in [-0.2, -0.15) is 15.2 Å². The van der Waals surface area contributed by atoms with Crippen molar-refractivity contribution in [2.45, 2.75) is 45.8 Å². The maximum Gasteiger partial charge on any atom is 0.332 e. The highest BCUT2D eigenvalue weighted by Gasteiger charge is 2.26. The number of rotatable bonds is 5. The largest absolute Gasteiger partial charge is 0.341 e. The van der Waals surface area contributed by atoms with Crippen LogP contribution in [0, 0.1) is 0 Å². The first kappa shape index (κ1) is 23.0. The minimum Gasteiger partial charge on any atom is -0.341 e. The number of fused-ring (bicyclic) bond motifs is 2. The maximum absolute atomic E-state index is 13.9. The van der Waals surface area contributed by atoms with E-state index in [-0.39, 0.29) is 18.1 Å². The van der Waals surface area contributed by atoms with Crippen molar-refractivity contribution in [1.82, 2.24) is 28.9 Å². The van der Waals surface area contributed by atoms with Crippen molar-refractivity contribution in [3.05, 3.63) is 68.5 Å². The van der Waals surface area contributed by atoms with Gasteiger partial charge in [0.1, 0.15) is 0 Å². The van der Waals surface area contributed by atoms with E-state index in [0.29, 0.717) is 35.7 Å². The first-order chi connectivity index (χ1) is 16.8. The monoisotopic (exact) mass is 474 g/mol. The Labute approximate surface area is 202 Å². The zero-order valence-corrected chi connectivity index (χ0v) is 20.3. The maximum atomic E-state index is 13.9. The normalized spacial score (nSPS) is 16.2. The lowest BCUT2D eigenvalue weighted by Crippen LogP contribution is -2.44. The Morgan fingerprint density at radius 3 is 2.77 bits per heavy atom. The number of aryl methyl sites for hydroxylation is 1. The summed E-state index contributed by atoms with van der Waals surface area (Å²) in [7, 11) is 1.66. The second-order valence-electron chi connectivity index (χ2n) is 9.44. The third kappa shape index (κ3) is 4.14. The Hall–Kier alpha value is -3.79. The zero-order valence-electron chi connectivity index (χ0n) is 20.3. The predicted octanol–water partition coefficient (Wildman–Crippen LogP) is 1.78. The second kappa shape index (κ2) is 9.10. The fraction of sp³-hybridized carbons (Fsp3) is 0.400. The summed E-state index contributed by atoms with van der Waals surface area (Å²) >= 11 is 0. The van der Waals surface area contributed by atoms with Crippen LogP contribution in [-0.2, 0) is 20.1 Å². The minimum absolute atomic E-state index is 0.0495. The van der Waals surface area contributed by atoms with E-state index in [1.54, 1.807) is 13.2 Å². The van der Waals surface area contributed by atoms with Crippen molar-refractivity contribution in [3.8, 4) is 0 Å². The van der Waals surface area contributed by atoms with E-state index in [1.165, 1.54) is 9.13 Å². The van der Waals surface area contributed by atoms with Crippen LogP contribution in [0.5, 0.6) is 0 Å². The first-order valence-corrected chi connectivity index (χ1v) is 11.9. The molecular formula is C25H30N8O2. The Morgan fingerprint density at radius 2 is 2.00 bits per heavy atom. The molecule has 1 unspecified atom stereocenters. The van der Waals surface area contributed by atoms with Crippen LogP contribution in [0.1, 0.15) is 32.3 Å². The number of hydrogen-bond acceptors (Lipinski definition) is 7. The summed E-state index contributed by atoms with van der Waals surface area (Å²) in [6.07, 6.45) is 5.59. The molecule has 0 amide bonds. The van der Waals surface area contributed by atoms with Gasteiger partial charge in [0.15, 0.2) is 11.2 Å². The van der Waals surface area contributed by atoms with Crippen LogP contribution in [0.25, 0.3) is 22.1 Å². The van der Waals surface area contributed by atoms with Gasteiger partial charge in [-0.05, 0) is 32.8 Å². The molecule has 35 heavy (non-hydrogen) atoms. The molecule has 0 bridgehead atoms. The molecule has 1 saturated heterocycles. The number of hydrogen-bond donors (Lipinski definition) is 1. The third-order valence-corrected chi connectivity index (χ3v) is 6.59. The topological polar surface area (TPSA) is 117 Å². The molecule has 4 aromatic rings. The van der Waals surface area contributed by atoms with Gasteiger partial charge in [0, 0.05) is 43.7 Å². The van der Waals surface area contributed by atoms with Gasteiger partial charge in [-0.15, -0.1) is 0 Å². The summed E-state index contributed by atoms with van der Waals surface area (Å²) in [6.45, 7) is 6.08. The molecule has 1 aliphatic rings. The lowest BCUT2D eigenvalue weighted by atomic mass is 10.1. The summed E-state index contributed by atoms with van der Waals surface area (Å²) in [5, 5.41) is 9.09. The van der Waals surface area contributed by atoms with Crippen LogP contribution in [0.15, 0.2) is 51.7 Å². The molecule has 2 N–H and O–H groups in total. The Balaban J connectivity index is 1.72. The van der Waals surface area contributed by atoms with E-state index in [0.717, 1.165) is 35.9 Å². The fourth-order valence-corrected chi connectivity index (χ4v) is 4.74. The van der Waals surface area contributed by atoms with Gasteiger partial charge < -0.3 is 15.2 Å². The molecule has 10 nitrogen and oxygen atoms in total. The Kier molecular flexibility index (Phi) is 5.98. The molecule has 0 spiro atoms. The van der Waals surface area contributed by atoms with Crippen molar-refractivity contribution >= 4 is 28.0 Å². The average molecular weight is 475 g/mol. The van der Waals surface area contributed by atoms with Gasteiger partial charge >= 0.3 is 5.69 Å². The third-order valence-electron chi connectivity index (χ3n) is 6.59. The number of imidazole rings is 1. The SMILES string of the molecule is CC(C)=CCn1c(N2CCCC(N)C2)nc2c1c(=O)n(Cc1cnnc3ccccc13)c(=O)n2C. The van der Waals surface area contributed by atoms with Gasteiger partial charge in [0.05, 0.1) is 18.3 Å². The molecule has 0 aliphatic carbocycles. The van der Waals surface area contributed by atoms with Crippen molar-refractivity contribution in [1.29, 1.82) is 0 Å². The average Bonchev–Trinajstić information content (AvgIpc) is 3.24. The molecule has 5 rings (SSSR count). The van der Waals surface area contributed by atoms with Gasteiger partial charge in [0.2, 0.25) is 5.95 Å². The molecule has 4 heterocycles. The second-order valence-corrected chi connectivity index (χ2v) is 9.44. The molecule has 0 radical (unpaired) electrons. The molecule has 3 aromatic heterocycles. The number of benzene rings is 1. The number of anilines is 1. The highest BCUT2D eigenvalue weighted by Crippen LogP contribution is 2.23. The molecular weight excluding hydrogens is 444 g/mol. The van der Waals surface area contributed by atoms with E-state index >= 15 is 0 Å². The van der Waals surface area contributed by atoms with Gasteiger partial charge in [-0.1, -0.05) is 29.8 Å². The summed E-state index contributed by atoms with van der Waals surface area (Å²) in [5.41, 5.74) is 8.85. The van der Waals surface area contributed by atoms with E-state index < -0.39 is 5.69 Å². The van der Waals surface area contributed by atoms with E-state index in [9.17, 15) is 9.59 Å². The molecule has 10 heteroatoms. The molecule has 182 valence electrons. The smallest absolute Gasteiger partial charge is 0.332 e. The standard InChI is InChI=1S/C25H30N8O2/c1-16(2)10-12-32-21-22(28-24(32)31-11-6-7-18(26)15-31)30(3)25(35)33(23(21)34)14-17-13-27-29-20-9-5-4-8-19(17)20/h4-5,8-10,13,18H,6-7,11-12,14-15,26H2,1-3H3. The number of nitrogens with two attached hydrogens (primary N) is 1. The van der Waals surface area contributed by atoms with Gasteiger partial charge in [-0.25, -0.2) is 4.79 Å². The highest BCUT2D eigenvalue weighted by atomic mass is 16.2. The summed E-state index contributed by atoms with van der Waals surface area (Å²) < 4.78 is 4.64. The molecule has 1 aliphatic heterocycles. The van der Waals surface area contributed by atoms with Gasteiger partial charge in [0.25, 0.3) is 5.56 Å². The van der Waals surface area contributed by atoms with Crippen LogP contribution in [0.3, 0.4) is 0 Å². The quantitative estimate of drug-likeness (QED) is 0.438. The lowest BCUT2D eigenvalue weighted by molar-refractivity contribution is 0.495. The van der Waals surface area contributed by atoms with Crippen molar-refractivity contribution < 1.29 is 0 Å². The van der Waals surface area contributed by atoms with Crippen molar-refractivity contribution in [3.63, 3.8) is 0 Å². The lowest BCUT2D eigenvalue weighted by Gasteiger charge is -2.31. The number of aromatic nitrogens is 6. The zero-order chi connectivity index (χ0) is 24.7. The van der Waals surface area contributed by atoms with E-state index in [4.69, 9.17) is 10.7 Å².